The Kier molecular flexibility index (Phi) is 5.56. The van der Waals surface area contributed by atoms with Crippen LogP contribution < -0.4 is 20.7 Å². The van der Waals surface area contributed by atoms with Crippen molar-refractivity contribution >= 4 is 40.5 Å². The van der Waals surface area contributed by atoms with Crippen LogP contribution in [0.25, 0.3) is 0 Å². The highest BCUT2D eigenvalue weighted by atomic mass is 35.5. The summed E-state index contributed by atoms with van der Waals surface area (Å²) in [6, 6.07) is 17.6. The maximum absolute atomic E-state index is 12.0. The zero-order valence-corrected chi connectivity index (χ0v) is 14.7. The van der Waals surface area contributed by atoms with E-state index in [0.717, 1.165) is 0 Å². The van der Waals surface area contributed by atoms with Crippen LogP contribution in [0.1, 0.15) is 0 Å². The molecule has 2 amide bonds. The second kappa shape index (κ2) is 8.22. The fourth-order valence-corrected chi connectivity index (χ4v) is 2.44. The summed E-state index contributed by atoms with van der Waals surface area (Å²) in [6.07, 6.45) is 1.56. The van der Waals surface area contributed by atoms with E-state index in [9.17, 15) is 4.79 Å². The zero-order chi connectivity index (χ0) is 18.4. The molecule has 0 saturated heterocycles. The molecular formula is C19H17ClN4O2. The Balaban J connectivity index is 1.63. The standard InChI is InChI=1S/C19H17ClN4O2/c1-26-17-9-7-13(20)11-16(17)24-18-10-8-15(12-21-18)23-19(25)22-14-5-3-2-4-6-14/h2-12H,1H3,(H,21,24)(H2,22,23,25). The van der Waals surface area contributed by atoms with Gasteiger partial charge in [0.25, 0.3) is 0 Å². The van der Waals surface area contributed by atoms with E-state index < -0.39 is 0 Å². The summed E-state index contributed by atoms with van der Waals surface area (Å²) >= 11 is 6.02. The van der Waals surface area contributed by atoms with Crippen LogP contribution in [0.4, 0.5) is 27.7 Å². The number of nitrogens with one attached hydrogen (secondary N) is 3. The molecule has 0 radical (unpaired) electrons. The first-order valence-electron chi connectivity index (χ1n) is 7.84. The van der Waals surface area contributed by atoms with Gasteiger partial charge in [0.1, 0.15) is 11.6 Å². The lowest BCUT2D eigenvalue weighted by Crippen LogP contribution is -2.19. The Morgan fingerprint density at radius 3 is 2.46 bits per heavy atom. The van der Waals surface area contributed by atoms with Gasteiger partial charge >= 0.3 is 6.03 Å². The smallest absolute Gasteiger partial charge is 0.323 e. The number of para-hydroxylation sites is 1. The van der Waals surface area contributed by atoms with Gasteiger partial charge in [0.05, 0.1) is 24.7 Å². The first kappa shape index (κ1) is 17.6. The van der Waals surface area contributed by atoms with E-state index in [4.69, 9.17) is 16.3 Å². The largest absolute Gasteiger partial charge is 0.495 e. The van der Waals surface area contributed by atoms with Crippen LogP contribution in [0.15, 0.2) is 66.9 Å². The monoisotopic (exact) mass is 368 g/mol. The second-order valence-corrected chi connectivity index (χ2v) is 5.78. The molecule has 0 saturated carbocycles. The lowest BCUT2D eigenvalue weighted by atomic mass is 10.3. The van der Waals surface area contributed by atoms with E-state index in [1.165, 1.54) is 0 Å². The van der Waals surface area contributed by atoms with E-state index in [2.05, 4.69) is 20.9 Å². The SMILES string of the molecule is COc1ccc(Cl)cc1Nc1ccc(NC(=O)Nc2ccccc2)cn1. The molecule has 26 heavy (non-hydrogen) atoms. The van der Waals surface area contributed by atoms with Crippen molar-refractivity contribution < 1.29 is 9.53 Å². The number of pyridine rings is 1. The molecule has 3 rings (SSSR count). The van der Waals surface area contributed by atoms with Gasteiger partial charge in [0, 0.05) is 10.7 Å². The summed E-state index contributed by atoms with van der Waals surface area (Å²) in [6.45, 7) is 0. The molecule has 7 heteroatoms. The predicted octanol–water partition coefficient (Wildman–Crippen LogP) is 5.13. The maximum Gasteiger partial charge on any atom is 0.323 e. The first-order valence-corrected chi connectivity index (χ1v) is 8.21. The molecule has 0 fully saturated rings. The molecule has 1 aromatic heterocycles. The van der Waals surface area contributed by atoms with E-state index in [1.807, 2.05) is 30.3 Å². The number of benzene rings is 2. The van der Waals surface area contributed by atoms with E-state index in [1.54, 1.807) is 43.6 Å². The second-order valence-electron chi connectivity index (χ2n) is 5.35. The number of hydrogen-bond donors (Lipinski definition) is 3. The molecule has 0 aliphatic rings. The minimum absolute atomic E-state index is 0.338. The van der Waals surface area contributed by atoms with Crippen molar-refractivity contribution in [1.29, 1.82) is 0 Å². The van der Waals surface area contributed by atoms with Gasteiger partial charge in [-0.15, -0.1) is 0 Å². The summed E-state index contributed by atoms with van der Waals surface area (Å²) < 4.78 is 5.29. The number of nitrogens with zero attached hydrogens (tertiary/aromatic N) is 1. The number of aromatic nitrogens is 1. The van der Waals surface area contributed by atoms with Crippen LogP contribution >= 0.6 is 11.6 Å². The van der Waals surface area contributed by atoms with Crippen molar-refractivity contribution in [2.24, 2.45) is 0 Å². The average molecular weight is 369 g/mol. The minimum atomic E-state index is -0.338. The predicted molar refractivity (Wildman–Crippen MR) is 105 cm³/mol. The third-order valence-corrected chi connectivity index (χ3v) is 3.71. The Morgan fingerprint density at radius 1 is 1.00 bits per heavy atom. The highest BCUT2D eigenvalue weighted by molar-refractivity contribution is 6.31. The van der Waals surface area contributed by atoms with E-state index in [0.29, 0.717) is 33.7 Å². The van der Waals surface area contributed by atoms with Gasteiger partial charge in [0.2, 0.25) is 0 Å². The van der Waals surface area contributed by atoms with Crippen molar-refractivity contribution in [3.05, 3.63) is 71.9 Å². The van der Waals surface area contributed by atoms with E-state index >= 15 is 0 Å². The lowest BCUT2D eigenvalue weighted by Gasteiger charge is -2.12. The highest BCUT2D eigenvalue weighted by Crippen LogP contribution is 2.30. The molecule has 2 aromatic carbocycles. The van der Waals surface area contributed by atoms with Gasteiger partial charge in [0.15, 0.2) is 0 Å². The summed E-state index contributed by atoms with van der Waals surface area (Å²) in [5.41, 5.74) is 1.99. The molecule has 0 unspecified atom stereocenters. The lowest BCUT2D eigenvalue weighted by molar-refractivity contribution is 0.262. The Labute approximate surface area is 156 Å². The van der Waals surface area contributed by atoms with Crippen molar-refractivity contribution in [2.45, 2.75) is 0 Å². The number of amides is 2. The normalized spacial score (nSPS) is 10.1. The van der Waals surface area contributed by atoms with Crippen LogP contribution in [-0.2, 0) is 0 Å². The van der Waals surface area contributed by atoms with Crippen LogP contribution in [0.3, 0.4) is 0 Å². The number of methoxy groups -OCH3 is 1. The number of hydrogen-bond acceptors (Lipinski definition) is 4. The highest BCUT2D eigenvalue weighted by Gasteiger charge is 2.06. The van der Waals surface area contributed by atoms with Crippen molar-refractivity contribution in [3.8, 4) is 5.75 Å². The maximum atomic E-state index is 12.0. The van der Waals surface area contributed by atoms with Crippen LogP contribution in [0, 0.1) is 0 Å². The minimum Gasteiger partial charge on any atom is -0.495 e. The van der Waals surface area contributed by atoms with Gasteiger partial charge in [-0.05, 0) is 42.5 Å². The van der Waals surface area contributed by atoms with Gasteiger partial charge in [-0.3, -0.25) is 0 Å². The molecule has 3 N–H and O–H groups in total. The third kappa shape index (κ3) is 4.64. The fourth-order valence-electron chi connectivity index (χ4n) is 2.27. The molecule has 0 bridgehead atoms. The number of carbonyl (C=O) groups is 1. The number of rotatable bonds is 5. The zero-order valence-electron chi connectivity index (χ0n) is 14.0. The third-order valence-electron chi connectivity index (χ3n) is 3.48. The summed E-state index contributed by atoms with van der Waals surface area (Å²) in [5.74, 6) is 1.25. The van der Waals surface area contributed by atoms with Gasteiger partial charge in [-0.2, -0.15) is 0 Å². The van der Waals surface area contributed by atoms with E-state index in [-0.39, 0.29) is 6.03 Å². The molecule has 132 valence electrons. The number of urea groups is 1. The van der Waals surface area contributed by atoms with Crippen molar-refractivity contribution in [3.63, 3.8) is 0 Å². The topological polar surface area (TPSA) is 75.3 Å². The summed E-state index contributed by atoms with van der Waals surface area (Å²) in [4.78, 5) is 16.3. The molecular weight excluding hydrogens is 352 g/mol. The molecule has 0 aliphatic heterocycles. The first-order chi connectivity index (χ1) is 12.6. The number of carbonyl (C=O) groups excluding carboxylic acids is 1. The Morgan fingerprint density at radius 2 is 1.77 bits per heavy atom. The molecule has 0 atom stereocenters. The van der Waals surface area contributed by atoms with Crippen LogP contribution in [0.2, 0.25) is 5.02 Å². The Hall–Kier alpha value is -3.25. The van der Waals surface area contributed by atoms with Crippen LogP contribution in [0.5, 0.6) is 5.75 Å². The van der Waals surface area contributed by atoms with Gasteiger partial charge in [-0.25, -0.2) is 9.78 Å². The Bertz CT molecular complexity index is 886. The summed E-state index contributed by atoms with van der Waals surface area (Å²) in [5, 5.41) is 9.19. The molecule has 3 aromatic rings. The number of halogens is 1. The number of ether oxygens (including phenoxy) is 1. The number of anilines is 4. The summed E-state index contributed by atoms with van der Waals surface area (Å²) in [7, 11) is 1.58. The average Bonchev–Trinajstić information content (AvgIpc) is 2.64. The molecule has 0 aliphatic carbocycles. The van der Waals surface area contributed by atoms with Gasteiger partial charge < -0.3 is 20.7 Å². The fraction of sp³-hybridized carbons (Fsp3) is 0.0526. The molecule has 0 spiro atoms. The van der Waals surface area contributed by atoms with Crippen molar-refractivity contribution in [2.75, 3.05) is 23.1 Å². The van der Waals surface area contributed by atoms with Crippen molar-refractivity contribution in [1.82, 2.24) is 4.98 Å². The molecule has 1 heterocycles. The quantitative estimate of drug-likeness (QED) is 0.583. The molecule has 6 nitrogen and oxygen atoms in total. The van der Waals surface area contributed by atoms with Crippen LogP contribution in [-0.4, -0.2) is 18.1 Å². The van der Waals surface area contributed by atoms with Gasteiger partial charge in [-0.1, -0.05) is 29.8 Å².